The highest BCUT2D eigenvalue weighted by molar-refractivity contribution is 5.95. The number of amides is 1. The zero-order valence-corrected chi connectivity index (χ0v) is 21.3. The Balaban J connectivity index is 1.52. The molecule has 1 N–H and O–H groups in total. The summed E-state index contributed by atoms with van der Waals surface area (Å²) in [6, 6.07) is 18.2. The van der Waals surface area contributed by atoms with Gasteiger partial charge in [0.2, 0.25) is 0 Å². The summed E-state index contributed by atoms with van der Waals surface area (Å²) in [5, 5.41) is 9.16. The van der Waals surface area contributed by atoms with Gasteiger partial charge in [0.1, 0.15) is 11.4 Å². The second-order valence-electron chi connectivity index (χ2n) is 9.97. The molecule has 0 saturated heterocycles. The van der Waals surface area contributed by atoms with E-state index in [0.717, 1.165) is 29.7 Å². The quantitative estimate of drug-likeness (QED) is 0.355. The number of aliphatic carboxylic acids is 1. The van der Waals surface area contributed by atoms with E-state index < -0.39 is 29.2 Å². The molecule has 1 aliphatic rings. The van der Waals surface area contributed by atoms with Crippen LogP contribution in [0.3, 0.4) is 0 Å². The number of alkyl halides is 3. The van der Waals surface area contributed by atoms with E-state index in [2.05, 4.69) is 31.2 Å². The molecule has 200 valence electrons. The van der Waals surface area contributed by atoms with Crippen LogP contribution in [0.4, 0.5) is 13.2 Å². The van der Waals surface area contributed by atoms with E-state index in [1.807, 2.05) is 6.92 Å². The van der Waals surface area contributed by atoms with Gasteiger partial charge in [-0.25, -0.2) is 0 Å². The van der Waals surface area contributed by atoms with Crippen molar-refractivity contribution in [1.29, 1.82) is 0 Å². The summed E-state index contributed by atoms with van der Waals surface area (Å²) in [5.41, 5.74) is 2.56. The van der Waals surface area contributed by atoms with Gasteiger partial charge in [0.05, 0.1) is 12.0 Å². The Hall–Kier alpha value is -3.81. The minimum atomic E-state index is -4.52. The number of benzene rings is 3. The van der Waals surface area contributed by atoms with Crippen LogP contribution in [-0.2, 0) is 36.8 Å². The maximum Gasteiger partial charge on any atom is 0.416 e. The van der Waals surface area contributed by atoms with Crippen LogP contribution in [0.25, 0.3) is 0 Å². The molecule has 1 heterocycles. The maximum absolute atomic E-state index is 13.4. The lowest BCUT2D eigenvalue weighted by Crippen LogP contribution is -2.33. The summed E-state index contributed by atoms with van der Waals surface area (Å²) in [6.45, 7) is 3.85. The van der Waals surface area contributed by atoms with Gasteiger partial charge in [-0.1, -0.05) is 43.3 Å². The van der Waals surface area contributed by atoms with E-state index >= 15 is 0 Å². The Morgan fingerprint density at radius 1 is 1.00 bits per heavy atom. The van der Waals surface area contributed by atoms with Crippen molar-refractivity contribution >= 4 is 11.9 Å². The first-order valence-electron chi connectivity index (χ1n) is 12.5. The van der Waals surface area contributed by atoms with Crippen molar-refractivity contribution in [3.8, 4) is 5.75 Å². The van der Waals surface area contributed by atoms with Gasteiger partial charge in [-0.3, -0.25) is 9.59 Å². The summed E-state index contributed by atoms with van der Waals surface area (Å²) in [6.07, 6.45) is -2.60. The molecule has 0 saturated carbocycles. The molecule has 1 aliphatic heterocycles. The third-order valence-electron chi connectivity index (χ3n) is 6.75. The lowest BCUT2D eigenvalue weighted by atomic mass is 9.91. The van der Waals surface area contributed by atoms with Gasteiger partial charge in [-0.15, -0.1) is 0 Å². The van der Waals surface area contributed by atoms with Crippen LogP contribution in [0.5, 0.6) is 5.75 Å². The first-order valence-corrected chi connectivity index (χ1v) is 12.5. The molecule has 38 heavy (non-hydrogen) atoms. The number of fused-ring (bicyclic) bond motifs is 1. The SMILES string of the molecule is CCc1ccc(CC2(C)Cc3cc(C(=O)N(CCC(=O)O)Cc4cccc(C(F)(F)F)c4)ccc3O2)cc1. The van der Waals surface area contributed by atoms with Gasteiger partial charge in [0.25, 0.3) is 5.91 Å². The molecule has 8 heteroatoms. The monoisotopic (exact) mass is 525 g/mol. The number of carbonyl (C=O) groups excluding carboxylic acids is 1. The number of carboxylic acids is 1. The molecule has 1 unspecified atom stereocenters. The molecule has 3 aromatic rings. The van der Waals surface area contributed by atoms with Crippen molar-refractivity contribution < 1.29 is 32.6 Å². The van der Waals surface area contributed by atoms with E-state index in [9.17, 15) is 22.8 Å². The zero-order chi connectivity index (χ0) is 27.5. The van der Waals surface area contributed by atoms with Crippen LogP contribution in [0, 0.1) is 0 Å². The fourth-order valence-electron chi connectivity index (χ4n) is 4.81. The van der Waals surface area contributed by atoms with Crippen molar-refractivity contribution in [1.82, 2.24) is 4.90 Å². The number of carboxylic acid groups (broad SMARTS) is 1. The molecular weight excluding hydrogens is 495 g/mol. The molecule has 1 atom stereocenters. The first-order chi connectivity index (χ1) is 18.0. The van der Waals surface area contributed by atoms with Gasteiger partial charge in [0.15, 0.2) is 0 Å². The summed E-state index contributed by atoms with van der Waals surface area (Å²) in [5.74, 6) is -0.864. The highest BCUT2D eigenvalue weighted by Crippen LogP contribution is 2.38. The lowest BCUT2D eigenvalue weighted by molar-refractivity contribution is -0.138. The summed E-state index contributed by atoms with van der Waals surface area (Å²) >= 11 is 0. The van der Waals surface area contributed by atoms with Gasteiger partial charge in [-0.2, -0.15) is 13.2 Å². The van der Waals surface area contributed by atoms with Gasteiger partial charge < -0.3 is 14.7 Å². The van der Waals surface area contributed by atoms with Crippen LogP contribution in [0.1, 0.15) is 58.4 Å². The van der Waals surface area contributed by atoms with Crippen LogP contribution >= 0.6 is 0 Å². The minimum Gasteiger partial charge on any atom is -0.487 e. The number of carbonyl (C=O) groups is 2. The fraction of sp³-hybridized carbons (Fsp3) is 0.333. The van der Waals surface area contributed by atoms with Crippen molar-refractivity contribution in [3.05, 3.63) is 100 Å². The minimum absolute atomic E-state index is 0.135. The summed E-state index contributed by atoms with van der Waals surface area (Å²) < 4.78 is 45.8. The first kappa shape index (κ1) is 27.2. The molecule has 5 nitrogen and oxygen atoms in total. The molecule has 0 fully saturated rings. The largest absolute Gasteiger partial charge is 0.487 e. The number of rotatable bonds is 9. The lowest BCUT2D eigenvalue weighted by Gasteiger charge is -2.24. The van der Waals surface area contributed by atoms with Crippen LogP contribution in [0.2, 0.25) is 0 Å². The predicted molar refractivity (Wildman–Crippen MR) is 137 cm³/mol. The molecule has 3 aromatic carbocycles. The molecule has 0 aromatic heterocycles. The highest BCUT2D eigenvalue weighted by atomic mass is 19.4. The predicted octanol–water partition coefficient (Wildman–Crippen LogP) is 6.32. The van der Waals surface area contributed by atoms with Crippen LogP contribution in [-0.4, -0.2) is 34.0 Å². The van der Waals surface area contributed by atoms with E-state index in [1.54, 1.807) is 18.2 Å². The number of hydrogen-bond donors (Lipinski definition) is 1. The maximum atomic E-state index is 13.4. The van der Waals surface area contributed by atoms with Crippen molar-refractivity contribution in [2.45, 2.75) is 57.9 Å². The average Bonchev–Trinajstić information content (AvgIpc) is 3.21. The van der Waals surface area contributed by atoms with Gasteiger partial charge in [0, 0.05) is 31.5 Å². The smallest absolute Gasteiger partial charge is 0.416 e. The van der Waals surface area contributed by atoms with E-state index in [0.29, 0.717) is 24.2 Å². The Morgan fingerprint density at radius 2 is 1.71 bits per heavy atom. The summed E-state index contributed by atoms with van der Waals surface area (Å²) in [4.78, 5) is 25.9. The number of aryl methyl sites for hydroxylation is 1. The molecule has 0 radical (unpaired) electrons. The topological polar surface area (TPSA) is 66.8 Å². The van der Waals surface area contributed by atoms with Crippen LogP contribution < -0.4 is 4.74 Å². The Labute approximate surface area is 219 Å². The second-order valence-corrected chi connectivity index (χ2v) is 9.97. The second kappa shape index (κ2) is 10.9. The molecule has 0 aliphatic carbocycles. The molecule has 1 amide bonds. The third kappa shape index (κ3) is 6.54. The normalized spacial score (nSPS) is 16.6. The molecule has 0 bridgehead atoms. The Morgan fingerprint density at radius 3 is 2.37 bits per heavy atom. The Kier molecular flexibility index (Phi) is 7.81. The van der Waals surface area contributed by atoms with E-state index in [1.165, 1.54) is 22.6 Å². The standard InChI is InChI=1S/C30H30F3NO4/c1-3-20-7-9-21(10-8-20)17-29(2)18-24-16-23(11-12-26(24)38-29)28(37)34(14-13-27(35)36)19-22-5-4-6-25(15-22)30(31,32)33/h4-12,15-16H,3,13-14,17-19H2,1-2H3,(H,35,36). The number of nitrogens with zero attached hydrogens (tertiary/aromatic N) is 1. The zero-order valence-electron chi connectivity index (χ0n) is 21.3. The highest BCUT2D eigenvalue weighted by Gasteiger charge is 2.36. The number of ether oxygens (including phenoxy) is 1. The number of hydrogen-bond acceptors (Lipinski definition) is 3. The van der Waals surface area contributed by atoms with Crippen molar-refractivity contribution in [2.24, 2.45) is 0 Å². The van der Waals surface area contributed by atoms with Gasteiger partial charge in [-0.05, 0) is 65.9 Å². The van der Waals surface area contributed by atoms with Gasteiger partial charge >= 0.3 is 12.1 Å². The fourth-order valence-corrected chi connectivity index (χ4v) is 4.81. The number of halogens is 3. The van der Waals surface area contributed by atoms with Crippen molar-refractivity contribution in [2.75, 3.05) is 6.54 Å². The summed E-state index contributed by atoms with van der Waals surface area (Å²) in [7, 11) is 0. The van der Waals surface area contributed by atoms with E-state index in [4.69, 9.17) is 9.84 Å². The van der Waals surface area contributed by atoms with Crippen LogP contribution in [0.15, 0.2) is 66.7 Å². The van der Waals surface area contributed by atoms with E-state index in [-0.39, 0.29) is 25.1 Å². The molecule has 0 spiro atoms. The van der Waals surface area contributed by atoms with Crippen molar-refractivity contribution in [3.63, 3.8) is 0 Å². The molecular formula is C30H30F3NO4. The molecule has 4 rings (SSSR count). The average molecular weight is 526 g/mol. The third-order valence-corrected chi connectivity index (χ3v) is 6.75. The Bertz CT molecular complexity index is 1320.